The smallest absolute Gasteiger partial charge is 0.304 e. The van der Waals surface area contributed by atoms with Crippen LogP contribution >= 0.6 is 0 Å². The molecule has 9 heteroatoms. The molecule has 0 spiro atoms. The summed E-state index contributed by atoms with van der Waals surface area (Å²) in [7, 11) is 0.113. The highest BCUT2D eigenvalue weighted by Crippen LogP contribution is 2.30. The fourth-order valence-corrected chi connectivity index (χ4v) is 3.57. The molecule has 0 amide bonds. The number of hydrogen-bond donors (Lipinski definition) is 1. The second-order valence-corrected chi connectivity index (χ2v) is 13.6. The predicted octanol–water partition coefficient (Wildman–Crippen LogP) is 3.76. The molecule has 29 heavy (non-hydrogen) atoms. The SMILES string of the molecule is COc1ccc(C(CC(=O)O)c2cc(C=O)n(COCC[Si](C)(C)C)n2)cc1F. The lowest BCUT2D eigenvalue weighted by Gasteiger charge is -2.16. The summed E-state index contributed by atoms with van der Waals surface area (Å²) >= 11 is 0. The second kappa shape index (κ2) is 9.79. The van der Waals surface area contributed by atoms with Gasteiger partial charge in [0.1, 0.15) is 12.4 Å². The molecule has 1 heterocycles. The first kappa shape index (κ1) is 22.8. The Morgan fingerprint density at radius 1 is 1.34 bits per heavy atom. The summed E-state index contributed by atoms with van der Waals surface area (Å²) in [4.78, 5) is 22.8. The summed E-state index contributed by atoms with van der Waals surface area (Å²) in [6.45, 7) is 7.37. The molecule has 0 radical (unpaired) electrons. The maximum Gasteiger partial charge on any atom is 0.304 e. The summed E-state index contributed by atoms with van der Waals surface area (Å²) in [5.41, 5.74) is 1.08. The van der Waals surface area contributed by atoms with Gasteiger partial charge in [0.15, 0.2) is 17.9 Å². The number of benzene rings is 1. The maximum absolute atomic E-state index is 14.1. The highest BCUT2D eigenvalue weighted by atomic mass is 28.3. The van der Waals surface area contributed by atoms with E-state index in [2.05, 4.69) is 24.7 Å². The van der Waals surface area contributed by atoms with Crippen LogP contribution in [0.3, 0.4) is 0 Å². The third kappa shape index (κ3) is 6.50. The summed E-state index contributed by atoms with van der Waals surface area (Å²) in [6, 6.07) is 6.77. The zero-order chi connectivity index (χ0) is 21.6. The number of carbonyl (C=O) groups excluding carboxylic acids is 1. The monoisotopic (exact) mass is 422 g/mol. The van der Waals surface area contributed by atoms with E-state index in [0.717, 1.165) is 6.04 Å². The second-order valence-electron chi connectivity index (χ2n) is 8.00. The van der Waals surface area contributed by atoms with Crippen molar-refractivity contribution < 1.29 is 28.6 Å². The lowest BCUT2D eigenvalue weighted by molar-refractivity contribution is -0.137. The molecule has 1 unspecified atom stereocenters. The van der Waals surface area contributed by atoms with Crippen molar-refractivity contribution in [1.82, 2.24) is 9.78 Å². The Morgan fingerprint density at radius 3 is 2.62 bits per heavy atom. The fourth-order valence-electron chi connectivity index (χ4n) is 2.82. The van der Waals surface area contributed by atoms with Crippen molar-refractivity contribution in [1.29, 1.82) is 0 Å². The van der Waals surface area contributed by atoms with Crippen LogP contribution in [-0.2, 0) is 16.3 Å². The van der Waals surface area contributed by atoms with Gasteiger partial charge in [-0.3, -0.25) is 9.59 Å². The van der Waals surface area contributed by atoms with Crippen LogP contribution in [0.5, 0.6) is 5.75 Å². The molecule has 0 saturated heterocycles. The number of halogens is 1. The van der Waals surface area contributed by atoms with Crippen molar-refractivity contribution in [3.05, 3.63) is 47.0 Å². The van der Waals surface area contributed by atoms with Gasteiger partial charge in [-0.2, -0.15) is 5.10 Å². The first-order chi connectivity index (χ1) is 13.6. The lowest BCUT2D eigenvalue weighted by Crippen LogP contribution is -2.22. The van der Waals surface area contributed by atoms with E-state index >= 15 is 0 Å². The number of aliphatic carboxylic acids is 1. The zero-order valence-corrected chi connectivity index (χ0v) is 18.1. The summed E-state index contributed by atoms with van der Waals surface area (Å²) < 4.78 is 26.1. The minimum Gasteiger partial charge on any atom is -0.494 e. The summed E-state index contributed by atoms with van der Waals surface area (Å²) in [6.07, 6.45) is 0.350. The first-order valence-electron chi connectivity index (χ1n) is 9.30. The molecular weight excluding hydrogens is 395 g/mol. The Labute approximate surface area is 170 Å². The van der Waals surface area contributed by atoms with Gasteiger partial charge < -0.3 is 14.6 Å². The van der Waals surface area contributed by atoms with E-state index in [4.69, 9.17) is 9.47 Å². The highest BCUT2D eigenvalue weighted by Gasteiger charge is 2.24. The van der Waals surface area contributed by atoms with Crippen LogP contribution in [0.25, 0.3) is 0 Å². The van der Waals surface area contributed by atoms with E-state index in [1.165, 1.54) is 30.0 Å². The van der Waals surface area contributed by atoms with E-state index in [-0.39, 0.29) is 24.6 Å². The molecule has 0 fully saturated rings. The van der Waals surface area contributed by atoms with E-state index in [1.807, 2.05) is 0 Å². The van der Waals surface area contributed by atoms with Gasteiger partial charge in [0.2, 0.25) is 0 Å². The Balaban J connectivity index is 2.27. The number of aldehydes is 1. The fraction of sp³-hybridized carbons (Fsp3) is 0.450. The van der Waals surface area contributed by atoms with E-state index in [0.29, 0.717) is 24.2 Å². The summed E-state index contributed by atoms with van der Waals surface area (Å²) in [5, 5.41) is 13.7. The number of nitrogens with zero attached hydrogens (tertiary/aromatic N) is 2. The zero-order valence-electron chi connectivity index (χ0n) is 17.1. The van der Waals surface area contributed by atoms with Crippen LogP contribution in [0.1, 0.15) is 34.1 Å². The molecule has 1 N–H and O–H groups in total. The molecule has 0 aliphatic carbocycles. The minimum atomic E-state index is -1.24. The van der Waals surface area contributed by atoms with Gasteiger partial charge >= 0.3 is 5.97 Å². The number of ether oxygens (including phenoxy) is 2. The molecule has 0 aliphatic rings. The topological polar surface area (TPSA) is 90.7 Å². The van der Waals surface area contributed by atoms with Crippen LogP contribution in [0.15, 0.2) is 24.3 Å². The largest absolute Gasteiger partial charge is 0.494 e. The van der Waals surface area contributed by atoms with Crippen LogP contribution in [0.2, 0.25) is 25.7 Å². The van der Waals surface area contributed by atoms with E-state index in [1.54, 1.807) is 6.07 Å². The van der Waals surface area contributed by atoms with Gasteiger partial charge in [-0.15, -0.1) is 0 Å². The highest BCUT2D eigenvalue weighted by molar-refractivity contribution is 6.76. The van der Waals surface area contributed by atoms with Crippen molar-refractivity contribution >= 4 is 20.3 Å². The molecule has 1 atom stereocenters. The predicted molar refractivity (Wildman–Crippen MR) is 109 cm³/mol. The average Bonchev–Trinajstić information content (AvgIpc) is 3.05. The Hall–Kier alpha value is -2.52. The molecule has 1 aromatic heterocycles. The van der Waals surface area contributed by atoms with Crippen molar-refractivity contribution in [2.45, 2.75) is 44.8 Å². The van der Waals surface area contributed by atoms with E-state index < -0.39 is 25.8 Å². The van der Waals surface area contributed by atoms with Crippen LogP contribution in [0, 0.1) is 5.82 Å². The third-order valence-electron chi connectivity index (χ3n) is 4.47. The molecule has 0 bridgehead atoms. The Kier molecular flexibility index (Phi) is 7.69. The number of carbonyl (C=O) groups is 2. The van der Waals surface area contributed by atoms with Gasteiger partial charge in [-0.1, -0.05) is 25.7 Å². The van der Waals surface area contributed by atoms with Gasteiger partial charge in [0, 0.05) is 20.6 Å². The molecule has 7 nitrogen and oxygen atoms in total. The average molecular weight is 423 g/mol. The number of carboxylic acids is 1. The van der Waals surface area contributed by atoms with Crippen molar-refractivity contribution in [3.8, 4) is 5.75 Å². The number of methoxy groups -OCH3 is 1. The van der Waals surface area contributed by atoms with Crippen molar-refractivity contribution in [2.75, 3.05) is 13.7 Å². The quantitative estimate of drug-likeness (QED) is 0.337. The molecule has 2 aromatic rings. The van der Waals surface area contributed by atoms with Crippen molar-refractivity contribution in [3.63, 3.8) is 0 Å². The number of hydrogen-bond acceptors (Lipinski definition) is 5. The number of carboxylic acid groups (broad SMARTS) is 1. The number of aromatic nitrogens is 2. The van der Waals surface area contributed by atoms with Gasteiger partial charge in [-0.25, -0.2) is 9.07 Å². The third-order valence-corrected chi connectivity index (χ3v) is 6.18. The van der Waals surface area contributed by atoms with E-state index in [9.17, 15) is 19.1 Å². The van der Waals surface area contributed by atoms with Crippen LogP contribution in [-0.4, -0.2) is 48.9 Å². The van der Waals surface area contributed by atoms with Gasteiger partial charge in [-0.05, 0) is 29.8 Å². The van der Waals surface area contributed by atoms with Crippen molar-refractivity contribution in [2.24, 2.45) is 0 Å². The molecule has 1 aromatic carbocycles. The van der Waals surface area contributed by atoms with Crippen LogP contribution < -0.4 is 4.74 Å². The molecule has 0 aliphatic heterocycles. The lowest BCUT2D eigenvalue weighted by atomic mass is 9.92. The summed E-state index contributed by atoms with van der Waals surface area (Å²) in [5.74, 6) is -2.29. The molecule has 158 valence electrons. The standard InChI is InChI=1S/C20H27FN2O5Si/c1-27-19-6-5-14(9-17(19)21)16(11-20(25)26)18-10-15(12-24)23(22-18)13-28-7-8-29(2,3)4/h5-6,9-10,12,16H,7-8,11,13H2,1-4H3,(H,25,26). The Morgan fingerprint density at radius 2 is 2.07 bits per heavy atom. The molecule has 0 saturated carbocycles. The van der Waals surface area contributed by atoms with Crippen LogP contribution in [0.4, 0.5) is 4.39 Å². The van der Waals surface area contributed by atoms with Gasteiger partial charge in [0.25, 0.3) is 0 Å². The number of rotatable bonds is 11. The minimum absolute atomic E-state index is 0.0673. The normalized spacial score (nSPS) is 12.6. The maximum atomic E-state index is 14.1. The molecule has 2 rings (SSSR count). The molecular formula is C20H27FN2O5Si. The Bertz CT molecular complexity index is 863. The van der Waals surface area contributed by atoms with Gasteiger partial charge in [0.05, 0.1) is 19.2 Å². The first-order valence-corrected chi connectivity index (χ1v) is 13.0.